The number of H-pyrrole nitrogens is 1. The van der Waals surface area contributed by atoms with Crippen molar-refractivity contribution in [2.75, 3.05) is 0 Å². The van der Waals surface area contributed by atoms with Crippen molar-refractivity contribution in [3.8, 4) is 0 Å². The Labute approximate surface area is 70.4 Å². The summed E-state index contributed by atoms with van der Waals surface area (Å²) in [6.45, 7) is 0. The van der Waals surface area contributed by atoms with Gasteiger partial charge in [-0.3, -0.25) is 0 Å². The van der Waals surface area contributed by atoms with Gasteiger partial charge in [-0.1, -0.05) is 0 Å². The Balaban J connectivity index is 2.98. The van der Waals surface area contributed by atoms with Crippen LogP contribution in [0.25, 0.3) is 11.2 Å². The Morgan fingerprint density at radius 2 is 2.42 bits per heavy atom. The molecule has 2 N–H and O–H groups in total. The van der Waals surface area contributed by atoms with E-state index in [1.165, 1.54) is 6.20 Å². The minimum atomic E-state index is -0.665. The molecule has 0 aliphatic rings. The van der Waals surface area contributed by atoms with Crippen molar-refractivity contribution >= 4 is 22.8 Å². The fourth-order valence-electron chi connectivity index (χ4n) is 0.866. The lowest BCUT2D eigenvalue weighted by Crippen LogP contribution is -2.13. The van der Waals surface area contributed by atoms with E-state index in [0.717, 1.165) is 0 Å². The van der Waals surface area contributed by atoms with Gasteiger partial charge in [0.2, 0.25) is 10.9 Å². The van der Waals surface area contributed by atoms with Crippen LogP contribution in [0.4, 0.5) is 0 Å². The molecule has 7 heteroatoms. The van der Waals surface area contributed by atoms with E-state index in [1.54, 1.807) is 0 Å². The van der Waals surface area contributed by atoms with Crippen LogP contribution < -0.4 is 5.69 Å². The van der Waals surface area contributed by atoms with Gasteiger partial charge >= 0.3 is 5.69 Å². The lowest BCUT2D eigenvalue weighted by Gasteiger charge is -1.89. The number of nitrogens with one attached hydrogen (secondary N) is 1. The summed E-state index contributed by atoms with van der Waals surface area (Å²) >= 11 is 5.44. The second-order valence-electron chi connectivity index (χ2n) is 2.12. The highest BCUT2D eigenvalue weighted by atomic mass is 35.5. The van der Waals surface area contributed by atoms with Gasteiger partial charge in [-0.25, -0.2) is 9.78 Å². The van der Waals surface area contributed by atoms with Crippen LogP contribution in [0.3, 0.4) is 0 Å². The zero-order valence-corrected chi connectivity index (χ0v) is 6.41. The molecule has 0 amide bonds. The molecule has 0 atom stereocenters. The second-order valence-corrected chi connectivity index (χ2v) is 2.46. The molecular formula is C5H3ClN4O2. The minimum absolute atomic E-state index is 0.0238. The molecule has 0 fully saturated rings. The number of imidazole rings is 1. The average molecular weight is 187 g/mol. The molecule has 6 nitrogen and oxygen atoms in total. The summed E-state index contributed by atoms with van der Waals surface area (Å²) in [5.74, 6) is 0. The number of fused-ring (bicyclic) bond motifs is 1. The van der Waals surface area contributed by atoms with Gasteiger partial charge < -0.3 is 10.2 Å². The van der Waals surface area contributed by atoms with E-state index in [0.29, 0.717) is 10.2 Å². The van der Waals surface area contributed by atoms with Crippen LogP contribution in [-0.4, -0.2) is 24.9 Å². The maximum absolute atomic E-state index is 10.8. The first kappa shape index (κ1) is 7.11. The quantitative estimate of drug-likeness (QED) is 0.449. The second kappa shape index (κ2) is 2.21. The molecule has 0 aliphatic heterocycles. The third kappa shape index (κ3) is 0.850. The summed E-state index contributed by atoms with van der Waals surface area (Å²) in [7, 11) is 0. The van der Waals surface area contributed by atoms with Crippen LogP contribution in [-0.2, 0) is 0 Å². The van der Waals surface area contributed by atoms with E-state index in [4.69, 9.17) is 16.8 Å². The zero-order valence-electron chi connectivity index (χ0n) is 5.65. The van der Waals surface area contributed by atoms with E-state index >= 15 is 0 Å². The number of hydrogen-bond donors (Lipinski definition) is 2. The Morgan fingerprint density at radius 3 is 3.17 bits per heavy atom. The molecule has 62 valence electrons. The molecular weight excluding hydrogens is 184 g/mol. The molecule has 0 aromatic carbocycles. The molecule has 2 heterocycles. The van der Waals surface area contributed by atoms with E-state index < -0.39 is 5.69 Å². The summed E-state index contributed by atoms with van der Waals surface area (Å²) in [5.41, 5.74) is -0.256. The van der Waals surface area contributed by atoms with E-state index in [9.17, 15) is 4.79 Å². The fourth-order valence-corrected chi connectivity index (χ4v) is 0.995. The van der Waals surface area contributed by atoms with Crippen LogP contribution in [0, 0.1) is 0 Å². The number of halogens is 1. The van der Waals surface area contributed by atoms with Gasteiger partial charge in [-0.15, -0.1) is 4.73 Å². The van der Waals surface area contributed by atoms with E-state index in [1.807, 2.05) is 0 Å². The van der Waals surface area contributed by atoms with Gasteiger partial charge in [0.05, 0.1) is 6.20 Å². The van der Waals surface area contributed by atoms with Crippen LogP contribution in [0.1, 0.15) is 0 Å². The number of hydrogen-bond acceptors (Lipinski definition) is 4. The van der Waals surface area contributed by atoms with Crippen LogP contribution in [0.15, 0.2) is 11.0 Å². The molecule has 0 saturated carbocycles. The highest BCUT2D eigenvalue weighted by molar-refractivity contribution is 6.28. The Bertz CT molecular complexity index is 488. The lowest BCUT2D eigenvalue weighted by atomic mass is 10.6. The maximum Gasteiger partial charge on any atom is 0.360 e. The third-order valence-electron chi connectivity index (χ3n) is 1.37. The number of nitrogens with zero attached hydrogens (tertiary/aromatic N) is 3. The van der Waals surface area contributed by atoms with Crippen molar-refractivity contribution < 1.29 is 5.21 Å². The largest absolute Gasteiger partial charge is 0.422 e. The van der Waals surface area contributed by atoms with Gasteiger partial charge in [-0.2, -0.15) is 4.98 Å². The van der Waals surface area contributed by atoms with Gasteiger partial charge in [0.1, 0.15) is 5.52 Å². The molecule has 0 bridgehead atoms. The molecule has 2 aromatic heterocycles. The van der Waals surface area contributed by atoms with Crippen molar-refractivity contribution in [2.24, 2.45) is 0 Å². The Hall–Kier alpha value is -1.56. The molecule has 0 aliphatic carbocycles. The molecule has 12 heavy (non-hydrogen) atoms. The van der Waals surface area contributed by atoms with Gasteiger partial charge in [-0.05, 0) is 11.6 Å². The van der Waals surface area contributed by atoms with Gasteiger partial charge in [0.25, 0.3) is 0 Å². The Kier molecular flexibility index (Phi) is 1.31. The SMILES string of the molecule is O=c1[nH]c2cnc(Cl)nc2n1O. The zero-order chi connectivity index (χ0) is 8.72. The normalized spacial score (nSPS) is 10.8. The van der Waals surface area contributed by atoms with Crippen LogP contribution >= 0.6 is 11.6 Å². The van der Waals surface area contributed by atoms with Crippen molar-refractivity contribution in [2.45, 2.75) is 0 Å². The van der Waals surface area contributed by atoms with E-state index in [2.05, 4.69) is 15.0 Å². The Morgan fingerprint density at radius 1 is 1.67 bits per heavy atom. The maximum atomic E-state index is 10.8. The predicted molar refractivity (Wildman–Crippen MR) is 40.3 cm³/mol. The summed E-state index contributed by atoms with van der Waals surface area (Å²) in [6, 6.07) is 0. The smallest absolute Gasteiger partial charge is 0.360 e. The molecule has 0 unspecified atom stereocenters. The molecule has 0 saturated heterocycles. The number of rotatable bonds is 0. The average Bonchev–Trinajstić information content (AvgIpc) is 2.31. The minimum Gasteiger partial charge on any atom is -0.422 e. The summed E-state index contributed by atoms with van der Waals surface area (Å²) < 4.78 is 0.378. The van der Waals surface area contributed by atoms with Crippen molar-refractivity contribution in [3.05, 3.63) is 22.0 Å². The molecule has 0 radical (unpaired) electrons. The third-order valence-corrected chi connectivity index (χ3v) is 1.56. The molecule has 0 spiro atoms. The fraction of sp³-hybridized carbons (Fsp3) is 0. The first-order chi connectivity index (χ1) is 5.68. The number of aromatic nitrogens is 4. The topological polar surface area (TPSA) is 83.8 Å². The molecule has 2 aromatic rings. The lowest BCUT2D eigenvalue weighted by molar-refractivity contribution is 0.186. The summed E-state index contributed by atoms with van der Waals surface area (Å²) in [4.78, 5) is 20.4. The van der Waals surface area contributed by atoms with Crippen molar-refractivity contribution in [3.63, 3.8) is 0 Å². The number of aromatic amines is 1. The van der Waals surface area contributed by atoms with Crippen molar-refractivity contribution in [1.29, 1.82) is 0 Å². The van der Waals surface area contributed by atoms with Crippen LogP contribution in [0.2, 0.25) is 5.28 Å². The van der Waals surface area contributed by atoms with E-state index in [-0.39, 0.29) is 10.9 Å². The first-order valence-corrected chi connectivity index (χ1v) is 3.39. The van der Waals surface area contributed by atoms with Gasteiger partial charge in [0, 0.05) is 0 Å². The first-order valence-electron chi connectivity index (χ1n) is 3.01. The summed E-state index contributed by atoms with van der Waals surface area (Å²) in [5, 5.41) is 9.02. The van der Waals surface area contributed by atoms with Crippen LogP contribution in [0.5, 0.6) is 0 Å². The predicted octanol–water partition coefficient (Wildman–Crippen LogP) is 0.0103. The highest BCUT2D eigenvalue weighted by Crippen LogP contribution is 2.06. The standard InChI is InChI=1S/C5H3ClN4O2/c6-4-7-1-2-3(9-4)10(12)5(11)8-2/h1,12H,(H,8,11). The molecule has 2 rings (SSSR count). The summed E-state index contributed by atoms with van der Waals surface area (Å²) in [6.07, 6.45) is 1.32. The monoisotopic (exact) mass is 186 g/mol. The van der Waals surface area contributed by atoms with Gasteiger partial charge in [0.15, 0.2) is 0 Å². The highest BCUT2D eigenvalue weighted by Gasteiger charge is 2.06. The van der Waals surface area contributed by atoms with Crippen molar-refractivity contribution in [1.82, 2.24) is 19.7 Å².